The summed E-state index contributed by atoms with van der Waals surface area (Å²) in [6.45, 7) is 5.02. The molecule has 2 aromatic carbocycles. The van der Waals surface area contributed by atoms with E-state index in [2.05, 4.69) is 15.2 Å². The molecule has 2 atom stereocenters. The number of benzene rings is 2. The highest BCUT2D eigenvalue weighted by molar-refractivity contribution is 7.08. The van der Waals surface area contributed by atoms with E-state index in [0.29, 0.717) is 31.0 Å². The van der Waals surface area contributed by atoms with Gasteiger partial charge in [-0.15, -0.1) is 0 Å². The SMILES string of the molecule is CC(O)C(=O)N1CC[C@@H](c2n[nH]c(=O)s2)C1.Cc1cc(COc2ccc(C(N)=O)cc2)c2ccccc2n1. The maximum absolute atomic E-state index is 11.5. The molecule has 2 aromatic heterocycles. The number of nitrogens with one attached hydrogen (secondary N) is 1. The van der Waals surface area contributed by atoms with Crippen LogP contribution in [0.2, 0.25) is 0 Å². The summed E-state index contributed by atoms with van der Waals surface area (Å²) in [7, 11) is 0. The molecule has 1 aliphatic rings. The van der Waals surface area contributed by atoms with Gasteiger partial charge in [-0.05, 0) is 56.7 Å². The van der Waals surface area contributed by atoms with Gasteiger partial charge >= 0.3 is 4.87 Å². The summed E-state index contributed by atoms with van der Waals surface area (Å²) in [6, 6.07) is 16.8. The van der Waals surface area contributed by atoms with Crippen LogP contribution in [0.25, 0.3) is 10.9 Å². The fourth-order valence-electron chi connectivity index (χ4n) is 4.23. The molecule has 11 heteroatoms. The first-order valence-electron chi connectivity index (χ1n) is 12.1. The predicted molar refractivity (Wildman–Crippen MR) is 144 cm³/mol. The van der Waals surface area contributed by atoms with Crippen molar-refractivity contribution >= 4 is 34.1 Å². The number of para-hydroxylation sites is 1. The van der Waals surface area contributed by atoms with Gasteiger partial charge in [-0.3, -0.25) is 19.4 Å². The average molecular weight is 536 g/mol. The Labute approximate surface area is 223 Å². The minimum Gasteiger partial charge on any atom is -0.489 e. The number of aliphatic hydroxyl groups excluding tert-OH is 1. The zero-order valence-electron chi connectivity index (χ0n) is 21.1. The number of aromatic nitrogens is 3. The van der Waals surface area contributed by atoms with Crippen LogP contribution in [0.1, 0.15) is 45.9 Å². The number of hydrogen-bond acceptors (Lipinski definition) is 8. The highest BCUT2D eigenvalue weighted by atomic mass is 32.1. The number of nitrogens with two attached hydrogens (primary N) is 1. The van der Waals surface area contributed by atoms with Gasteiger partial charge in [-0.1, -0.05) is 29.5 Å². The molecule has 1 saturated heterocycles. The van der Waals surface area contributed by atoms with Gasteiger partial charge in [0.15, 0.2) is 0 Å². The standard InChI is InChI=1S/C18H16N2O2.C9H13N3O3S/c1-12-10-14(16-4-2-3-5-17(16)20-12)11-22-15-8-6-13(7-9-15)18(19)21;1-5(13)8(14)12-3-2-6(4-12)7-10-11-9(15)16-7/h2-10H,11H2,1H3,(H2,19,21);5-6,13H,2-4H2,1H3,(H,11,15)/t;5?,6-/m.1/s1. The number of ether oxygens (including phenoxy) is 1. The zero-order valence-corrected chi connectivity index (χ0v) is 21.9. The zero-order chi connectivity index (χ0) is 27.2. The van der Waals surface area contributed by atoms with Crippen LogP contribution in [0.5, 0.6) is 5.75 Å². The molecular formula is C27H29N5O5S. The Morgan fingerprint density at radius 3 is 2.63 bits per heavy atom. The first-order valence-corrected chi connectivity index (χ1v) is 12.9. The number of primary amides is 1. The lowest BCUT2D eigenvalue weighted by atomic mass is 10.1. The summed E-state index contributed by atoms with van der Waals surface area (Å²) in [6.07, 6.45) is -0.170. The number of H-pyrrole nitrogens is 1. The van der Waals surface area contributed by atoms with E-state index in [1.54, 1.807) is 29.2 Å². The first-order chi connectivity index (χ1) is 18.2. The molecular weight excluding hydrogens is 506 g/mol. The normalized spacial score (nSPS) is 15.6. The second kappa shape index (κ2) is 12.0. The maximum Gasteiger partial charge on any atom is 0.322 e. The van der Waals surface area contributed by atoms with Gasteiger partial charge in [0.25, 0.3) is 5.91 Å². The summed E-state index contributed by atoms with van der Waals surface area (Å²) in [5, 5.41) is 17.3. The summed E-state index contributed by atoms with van der Waals surface area (Å²) < 4.78 is 5.81. The molecule has 0 aliphatic carbocycles. The number of amides is 2. The van der Waals surface area contributed by atoms with Crippen LogP contribution in [0.3, 0.4) is 0 Å². The average Bonchev–Trinajstić information content (AvgIpc) is 3.56. The fraction of sp³-hybridized carbons (Fsp3) is 0.296. The predicted octanol–water partition coefficient (Wildman–Crippen LogP) is 2.75. The number of aryl methyl sites for hydroxylation is 1. The molecule has 198 valence electrons. The van der Waals surface area contributed by atoms with Crippen LogP contribution >= 0.6 is 11.3 Å². The van der Waals surface area contributed by atoms with E-state index < -0.39 is 12.0 Å². The van der Waals surface area contributed by atoms with E-state index in [0.717, 1.165) is 44.9 Å². The molecule has 3 heterocycles. The Morgan fingerprint density at radius 1 is 1.24 bits per heavy atom. The van der Waals surface area contributed by atoms with Crippen LogP contribution in [0.4, 0.5) is 0 Å². The van der Waals surface area contributed by atoms with Crippen molar-refractivity contribution in [1.82, 2.24) is 20.1 Å². The number of rotatable bonds is 6. The van der Waals surface area contributed by atoms with E-state index in [9.17, 15) is 19.5 Å². The monoisotopic (exact) mass is 535 g/mol. The second-order valence-corrected chi connectivity index (χ2v) is 10.0. The van der Waals surface area contributed by atoms with Crippen molar-refractivity contribution in [2.45, 2.75) is 38.9 Å². The van der Waals surface area contributed by atoms with Crippen molar-refractivity contribution in [3.05, 3.63) is 86.1 Å². The van der Waals surface area contributed by atoms with Gasteiger partial charge < -0.3 is 20.5 Å². The van der Waals surface area contributed by atoms with Crippen LogP contribution in [-0.4, -0.2) is 56.2 Å². The second-order valence-electron chi connectivity index (χ2n) is 9.01. The molecule has 4 aromatic rings. The molecule has 1 fully saturated rings. The third-order valence-electron chi connectivity index (χ3n) is 6.12. The Balaban J connectivity index is 0.000000186. The maximum atomic E-state index is 11.5. The molecule has 1 unspecified atom stereocenters. The van der Waals surface area contributed by atoms with Crippen molar-refractivity contribution in [2.75, 3.05) is 13.1 Å². The number of pyridine rings is 1. The first kappa shape index (κ1) is 27.0. The minimum absolute atomic E-state index is 0.117. The Kier molecular flexibility index (Phi) is 8.49. The highest BCUT2D eigenvalue weighted by Gasteiger charge is 2.30. The smallest absolute Gasteiger partial charge is 0.322 e. The molecule has 0 spiro atoms. The van der Waals surface area contributed by atoms with Gasteiger partial charge in [-0.2, -0.15) is 5.10 Å². The van der Waals surface area contributed by atoms with Crippen LogP contribution in [0.15, 0.2) is 59.4 Å². The quantitative estimate of drug-likeness (QED) is 0.343. The number of carbonyl (C=O) groups excluding carboxylic acids is 2. The molecule has 10 nitrogen and oxygen atoms in total. The number of likely N-dealkylation sites (tertiary alicyclic amines) is 1. The third-order valence-corrected chi connectivity index (χ3v) is 7.03. The van der Waals surface area contributed by atoms with E-state index in [-0.39, 0.29) is 16.7 Å². The molecule has 4 N–H and O–H groups in total. The van der Waals surface area contributed by atoms with Crippen molar-refractivity contribution in [2.24, 2.45) is 5.73 Å². The highest BCUT2D eigenvalue weighted by Crippen LogP contribution is 2.27. The largest absolute Gasteiger partial charge is 0.489 e. The van der Waals surface area contributed by atoms with Crippen LogP contribution < -0.4 is 15.3 Å². The Morgan fingerprint density at radius 2 is 1.97 bits per heavy atom. The Bertz CT molecular complexity index is 1480. The van der Waals surface area contributed by atoms with Gasteiger partial charge in [0.1, 0.15) is 23.5 Å². The fourth-order valence-corrected chi connectivity index (χ4v) is 4.96. The molecule has 0 radical (unpaired) electrons. The summed E-state index contributed by atoms with van der Waals surface area (Å²) in [5.74, 6) is 0.114. The number of hydrogen-bond donors (Lipinski definition) is 3. The van der Waals surface area contributed by atoms with Gasteiger partial charge in [0.05, 0.1) is 5.52 Å². The lowest BCUT2D eigenvalue weighted by molar-refractivity contribution is -0.138. The van der Waals surface area contributed by atoms with E-state index in [4.69, 9.17) is 10.5 Å². The van der Waals surface area contributed by atoms with Gasteiger partial charge in [0, 0.05) is 41.2 Å². The van der Waals surface area contributed by atoms with Crippen molar-refractivity contribution in [1.29, 1.82) is 0 Å². The topological polar surface area (TPSA) is 152 Å². The lowest BCUT2D eigenvalue weighted by Gasteiger charge is -2.17. The van der Waals surface area contributed by atoms with E-state index in [1.807, 2.05) is 37.3 Å². The molecule has 2 amide bonds. The van der Waals surface area contributed by atoms with E-state index in [1.165, 1.54) is 6.92 Å². The summed E-state index contributed by atoms with van der Waals surface area (Å²) >= 11 is 1.08. The van der Waals surface area contributed by atoms with Crippen molar-refractivity contribution in [3.63, 3.8) is 0 Å². The van der Waals surface area contributed by atoms with Crippen molar-refractivity contribution < 1.29 is 19.4 Å². The summed E-state index contributed by atoms with van der Waals surface area (Å²) in [5.41, 5.74) is 8.70. The Hall–Kier alpha value is -4.09. The van der Waals surface area contributed by atoms with Gasteiger partial charge in [0.2, 0.25) is 5.91 Å². The van der Waals surface area contributed by atoms with Gasteiger partial charge in [-0.25, -0.2) is 5.10 Å². The molecule has 5 rings (SSSR count). The molecule has 1 aliphatic heterocycles. The summed E-state index contributed by atoms with van der Waals surface area (Å²) in [4.78, 5) is 39.5. The number of aliphatic hydroxyl groups is 1. The minimum atomic E-state index is -0.961. The number of aromatic amines is 1. The molecule has 38 heavy (non-hydrogen) atoms. The molecule has 0 bridgehead atoms. The van der Waals surface area contributed by atoms with Crippen LogP contribution in [-0.2, 0) is 11.4 Å². The number of nitrogens with zero attached hydrogens (tertiary/aromatic N) is 3. The number of fused-ring (bicyclic) bond motifs is 1. The van der Waals surface area contributed by atoms with Crippen LogP contribution in [0, 0.1) is 6.92 Å². The van der Waals surface area contributed by atoms with E-state index >= 15 is 0 Å². The van der Waals surface area contributed by atoms with Crippen molar-refractivity contribution in [3.8, 4) is 5.75 Å². The molecule has 0 saturated carbocycles. The third kappa shape index (κ3) is 6.61. The number of carbonyl (C=O) groups is 2. The lowest BCUT2D eigenvalue weighted by Crippen LogP contribution is -2.35.